The molecule has 1 aromatic carbocycles. The minimum absolute atomic E-state index is 0.747. The van der Waals surface area contributed by atoms with E-state index in [9.17, 15) is 0 Å². The van der Waals surface area contributed by atoms with Crippen LogP contribution in [0, 0.1) is 6.42 Å². The summed E-state index contributed by atoms with van der Waals surface area (Å²) in [5.74, 6) is 0. The van der Waals surface area contributed by atoms with Gasteiger partial charge in [-0.15, -0.1) is 5.73 Å². The molecule has 0 bridgehead atoms. The van der Waals surface area contributed by atoms with Crippen LogP contribution in [-0.2, 0) is 0 Å². The molecule has 0 aliphatic heterocycles. The molecule has 13 heavy (non-hydrogen) atoms. The number of rotatable bonds is 3. The molecule has 1 aromatic rings. The molecule has 65 valence electrons. The fourth-order valence-electron chi connectivity index (χ4n) is 0.993. The van der Waals surface area contributed by atoms with Gasteiger partial charge in [0.1, 0.15) is 0 Å². The lowest BCUT2D eigenvalue weighted by molar-refractivity contribution is 0.476. The van der Waals surface area contributed by atoms with Crippen molar-refractivity contribution in [3.63, 3.8) is 0 Å². The third-order valence-corrected chi connectivity index (χ3v) is 1.63. The first kappa shape index (κ1) is 9.37. The highest BCUT2D eigenvalue weighted by Gasteiger charge is 1.97. The minimum atomic E-state index is 0.747. The van der Waals surface area contributed by atoms with E-state index in [2.05, 4.69) is 12.3 Å². The van der Waals surface area contributed by atoms with E-state index in [4.69, 9.17) is 5.11 Å². The van der Waals surface area contributed by atoms with Crippen LogP contribution in [0.15, 0.2) is 55.0 Å². The molecule has 1 radical (unpaired) electrons. The maximum Gasteiger partial charge on any atom is 0.0836 e. The van der Waals surface area contributed by atoms with E-state index in [1.54, 1.807) is 12.5 Å². The molecule has 0 aliphatic rings. The predicted octanol–water partition coefficient (Wildman–Crippen LogP) is 3.13. The Morgan fingerprint density at radius 2 is 2.00 bits per heavy atom. The number of aliphatic hydroxyl groups is 1. The fourth-order valence-corrected chi connectivity index (χ4v) is 0.993. The Labute approximate surface area is 78.3 Å². The van der Waals surface area contributed by atoms with Crippen LogP contribution in [0.2, 0.25) is 0 Å². The molecule has 1 heteroatoms. The molecule has 0 aromatic heterocycles. The zero-order chi connectivity index (χ0) is 9.52. The molecule has 0 aliphatic carbocycles. The second kappa shape index (κ2) is 5.02. The third kappa shape index (κ3) is 2.66. The van der Waals surface area contributed by atoms with Crippen LogP contribution >= 0.6 is 0 Å². The minimum Gasteiger partial charge on any atom is -0.515 e. The summed E-state index contributed by atoms with van der Waals surface area (Å²) in [4.78, 5) is 0. The van der Waals surface area contributed by atoms with Gasteiger partial charge in [0.15, 0.2) is 0 Å². The lowest BCUT2D eigenvalue weighted by atomic mass is 10.0. The number of benzene rings is 1. The molecular formula is C12H11O. The fraction of sp³-hybridized carbons (Fsp3) is 0. The maximum atomic E-state index is 8.94. The Morgan fingerprint density at radius 3 is 2.54 bits per heavy atom. The first-order valence-corrected chi connectivity index (χ1v) is 3.97. The van der Waals surface area contributed by atoms with Crippen molar-refractivity contribution in [1.29, 1.82) is 0 Å². The number of allylic oxidation sites excluding steroid dienone is 2. The maximum absolute atomic E-state index is 8.94. The molecule has 0 saturated heterocycles. The van der Waals surface area contributed by atoms with Crippen LogP contribution < -0.4 is 0 Å². The zero-order valence-electron chi connectivity index (χ0n) is 7.27. The molecule has 0 atom stereocenters. The van der Waals surface area contributed by atoms with E-state index in [1.807, 2.05) is 30.3 Å². The molecule has 1 N–H and O–H groups in total. The Hall–Kier alpha value is -1.72. The molecule has 0 amide bonds. The zero-order valence-corrected chi connectivity index (χ0v) is 7.27. The van der Waals surface area contributed by atoms with Crippen molar-refractivity contribution in [1.82, 2.24) is 0 Å². The van der Waals surface area contributed by atoms with Crippen LogP contribution in [0.3, 0.4) is 0 Å². The van der Waals surface area contributed by atoms with Crippen LogP contribution in [0.25, 0.3) is 5.57 Å². The summed E-state index contributed by atoms with van der Waals surface area (Å²) in [6.07, 6.45) is 4.49. The second-order valence-corrected chi connectivity index (χ2v) is 2.49. The molecule has 0 saturated carbocycles. The standard InChI is InChI=1S/C12H11O/c1-2-3-7-12(10-13)11-8-5-4-6-9-11/h3-10,13H,1H2. The highest BCUT2D eigenvalue weighted by molar-refractivity contribution is 5.72. The molecule has 0 heterocycles. The summed E-state index contributed by atoms with van der Waals surface area (Å²) in [6, 6.07) is 9.63. The first-order valence-electron chi connectivity index (χ1n) is 3.97. The Morgan fingerprint density at radius 1 is 1.31 bits per heavy atom. The SMILES string of the molecule is C=C=C[CH]C(=CO)c1ccccc1. The van der Waals surface area contributed by atoms with Crippen molar-refractivity contribution in [2.45, 2.75) is 0 Å². The van der Waals surface area contributed by atoms with Crippen molar-refractivity contribution in [2.24, 2.45) is 0 Å². The van der Waals surface area contributed by atoms with Crippen LogP contribution in [0.5, 0.6) is 0 Å². The lowest BCUT2D eigenvalue weighted by Crippen LogP contribution is -1.82. The van der Waals surface area contributed by atoms with Crippen LogP contribution in [0.1, 0.15) is 5.56 Å². The highest BCUT2D eigenvalue weighted by atomic mass is 16.2. The largest absolute Gasteiger partial charge is 0.515 e. The third-order valence-electron chi connectivity index (χ3n) is 1.63. The Kier molecular flexibility index (Phi) is 3.62. The molecule has 0 fully saturated rings. The van der Waals surface area contributed by atoms with Crippen LogP contribution in [0.4, 0.5) is 0 Å². The second-order valence-electron chi connectivity index (χ2n) is 2.49. The van der Waals surface area contributed by atoms with Gasteiger partial charge in [-0.1, -0.05) is 36.9 Å². The predicted molar refractivity (Wildman–Crippen MR) is 55.1 cm³/mol. The van der Waals surface area contributed by atoms with Gasteiger partial charge in [-0.25, -0.2) is 0 Å². The van der Waals surface area contributed by atoms with Gasteiger partial charge in [-0.05, 0) is 11.6 Å². The smallest absolute Gasteiger partial charge is 0.0836 e. The van der Waals surface area contributed by atoms with Gasteiger partial charge < -0.3 is 5.11 Å². The van der Waals surface area contributed by atoms with E-state index >= 15 is 0 Å². The average Bonchev–Trinajstić information content (AvgIpc) is 2.21. The monoisotopic (exact) mass is 171 g/mol. The number of hydrogen-bond acceptors (Lipinski definition) is 1. The van der Waals surface area contributed by atoms with Gasteiger partial charge in [-0.3, -0.25) is 0 Å². The molecule has 0 unspecified atom stereocenters. The summed E-state index contributed by atoms with van der Waals surface area (Å²) in [6.45, 7) is 3.44. The van der Waals surface area contributed by atoms with Crippen molar-refractivity contribution < 1.29 is 5.11 Å². The molecule has 1 rings (SSSR count). The number of hydrogen-bond donors (Lipinski definition) is 1. The lowest BCUT2D eigenvalue weighted by Gasteiger charge is -2.00. The van der Waals surface area contributed by atoms with Crippen LogP contribution in [-0.4, -0.2) is 5.11 Å². The van der Waals surface area contributed by atoms with Crippen molar-refractivity contribution in [3.05, 3.63) is 67.0 Å². The van der Waals surface area contributed by atoms with Crippen molar-refractivity contribution in [2.75, 3.05) is 0 Å². The summed E-state index contributed by atoms with van der Waals surface area (Å²) in [7, 11) is 0. The van der Waals surface area contributed by atoms with Crippen molar-refractivity contribution in [3.8, 4) is 0 Å². The summed E-state index contributed by atoms with van der Waals surface area (Å²) >= 11 is 0. The Balaban J connectivity index is 2.86. The summed E-state index contributed by atoms with van der Waals surface area (Å²) < 4.78 is 0. The quantitative estimate of drug-likeness (QED) is 0.547. The topological polar surface area (TPSA) is 20.2 Å². The summed E-state index contributed by atoms with van der Waals surface area (Å²) in [5, 5.41) is 8.94. The summed E-state index contributed by atoms with van der Waals surface area (Å²) in [5.41, 5.74) is 4.34. The van der Waals surface area contributed by atoms with Gasteiger partial charge >= 0.3 is 0 Å². The molecule has 1 nitrogen and oxygen atoms in total. The average molecular weight is 171 g/mol. The number of aliphatic hydroxyl groups excluding tert-OH is 1. The molecule has 0 spiro atoms. The van der Waals surface area contributed by atoms with Gasteiger partial charge in [-0.2, -0.15) is 0 Å². The van der Waals surface area contributed by atoms with Gasteiger partial charge in [0, 0.05) is 12.0 Å². The highest BCUT2D eigenvalue weighted by Crippen LogP contribution is 2.16. The van der Waals surface area contributed by atoms with E-state index in [-0.39, 0.29) is 0 Å². The van der Waals surface area contributed by atoms with Gasteiger partial charge in [0.25, 0.3) is 0 Å². The van der Waals surface area contributed by atoms with Gasteiger partial charge in [0.05, 0.1) is 6.26 Å². The normalized spacial score (nSPS) is 10.6. The Bertz CT molecular complexity index is 329. The van der Waals surface area contributed by atoms with E-state index in [0.29, 0.717) is 0 Å². The van der Waals surface area contributed by atoms with E-state index in [1.165, 1.54) is 0 Å². The van der Waals surface area contributed by atoms with E-state index in [0.717, 1.165) is 17.4 Å². The first-order chi connectivity index (χ1) is 6.38. The van der Waals surface area contributed by atoms with Crippen molar-refractivity contribution >= 4 is 5.57 Å². The van der Waals surface area contributed by atoms with E-state index < -0.39 is 0 Å². The molecular weight excluding hydrogens is 160 g/mol. The van der Waals surface area contributed by atoms with Gasteiger partial charge in [0.2, 0.25) is 0 Å².